The Bertz CT molecular complexity index is 305. The van der Waals surface area contributed by atoms with Gasteiger partial charge in [0.2, 0.25) is 5.91 Å². The van der Waals surface area contributed by atoms with E-state index in [0.29, 0.717) is 17.9 Å². The molecule has 0 radical (unpaired) electrons. The zero-order valence-corrected chi connectivity index (χ0v) is 12.3. The Balaban J connectivity index is 2.10. The van der Waals surface area contributed by atoms with Gasteiger partial charge in [-0.1, -0.05) is 34.1 Å². The third-order valence-electron chi connectivity index (χ3n) is 4.89. The van der Waals surface area contributed by atoms with Gasteiger partial charge in [0.15, 0.2) is 0 Å². The lowest BCUT2D eigenvalue weighted by Crippen LogP contribution is -2.43. The predicted octanol–water partition coefficient (Wildman–Crippen LogP) is 2.76. The van der Waals surface area contributed by atoms with E-state index in [9.17, 15) is 4.79 Å². The Morgan fingerprint density at radius 2 is 2.11 bits per heavy atom. The Morgan fingerprint density at radius 3 is 2.61 bits per heavy atom. The number of hydrogen-bond acceptors (Lipinski definition) is 2. The maximum Gasteiger partial charge on any atom is 0.241 e. The zero-order chi connectivity index (χ0) is 13.3. The number of hydrogen-bond donors (Lipinski definition) is 1. The standard InChI is InChI=1S/C15H28N2O/c1-5-11(4)14-15(18)17(13(6-2)16-14)12-8-7-10(3)9-12/h10-14,16H,5-9H2,1-4H3. The fourth-order valence-corrected chi connectivity index (χ4v) is 3.50. The van der Waals surface area contributed by atoms with Gasteiger partial charge < -0.3 is 4.90 Å². The first-order chi connectivity index (χ1) is 8.58. The second-order valence-electron chi connectivity index (χ2n) is 6.27. The molecular formula is C15H28N2O. The van der Waals surface area contributed by atoms with E-state index in [0.717, 1.165) is 18.8 Å². The molecule has 1 N–H and O–H groups in total. The van der Waals surface area contributed by atoms with Crippen LogP contribution in [-0.4, -0.2) is 29.1 Å². The number of nitrogens with zero attached hydrogens (tertiary/aromatic N) is 1. The van der Waals surface area contributed by atoms with Crippen LogP contribution in [-0.2, 0) is 4.79 Å². The van der Waals surface area contributed by atoms with Crippen molar-refractivity contribution in [3.8, 4) is 0 Å². The Hall–Kier alpha value is -0.570. The van der Waals surface area contributed by atoms with Gasteiger partial charge in [-0.25, -0.2) is 0 Å². The van der Waals surface area contributed by atoms with E-state index in [1.54, 1.807) is 0 Å². The zero-order valence-electron chi connectivity index (χ0n) is 12.3. The third kappa shape index (κ3) is 2.42. The first-order valence-electron chi connectivity index (χ1n) is 7.66. The van der Waals surface area contributed by atoms with Crippen LogP contribution in [0.3, 0.4) is 0 Å². The molecule has 5 unspecified atom stereocenters. The summed E-state index contributed by atoms with van der Waals surface area (Å²) >= 11 is 0. The minimum absolute atomic E-state index is 0.0517. The summed E-state index contributed by atoms with van der Waals surface area (Å²) in [5.41, 5.74) is 0. The lowest BCUT2D eigenvalue weighted by atomic mass is 9.99. The summed E-state index contributed by atoms with van der Waals surface area (Å²) in [6.45, 7) is 8.83. The predicted molar refractivity (Wildman–Crippen MR) is 74.1 cm³/mol. The molecule has 0 aromatic rings. The molecule has 5 atom stereocenters. The van der Waals surface area contributed by atoms with E-state index in [4.69, 9.17) is 0 Å². The molecule has 1 heterocycles. The van der Waals surface area contributed by atoms with Gasteiger partial charge in [-0.05, 0) is 37.5 Å². The SMILES string of the molecule is CCC(C)C1NC(CC)N(C2CCC(C)C2)C1=O. The summed E-state index contributed by atoms with van der Waals surface area (Å²) in [6.07, 6.45) is 6.01. The summed E-state index contributed by atoms with van der Waals surface area (Å²) in [6, 6.07) is 0.537. The van der Waals surface area contributed by atoms with Gasteiger partial charge in [0.25, 0.3) is 0 Å². The van der Waals surface area contributed by atoms with Gasteiger partial charge in [0.05, 0.1) is 12.2 Å². The van der Waals surface area contributed by atoms with Crippen LogP contribution >= 0.6 is 0 Å². The number of nitrogens with one attached hydrogen (secondary N) is 1. The monoisotopic (exact) mass is 252 g/mol. The highest BCUT2D eigenvalue weighted by Crippen LogP contribution is 2.33. The van der Waals surface area contributed by atoms with E-state index >= 15 is 0 Å². The van der Waals surface area contributed by atoms with Crippen LogP contribution in [0.5, 0.6) is 0 Å². The van der Waals surface area contributed by atoms with Gasteiger partial charge in [-0.15, -0.1) is 0 Å². The number of rotatable bonds is 4. The molecule has 3 nitrogen and oxygen atoms in total. The first-order valence-corrected chi connectivity index (χ1v) is 7.66. The van der Waals surface area contributed by atoms with Crippen LogP contribution in [0, 0.1) is 11.8 Å². The summed E-state index contributed by atoms with van der Waals surface area (Å²) in [7, 11) is 0. The minimum atomic E-state index is 0.0517. The van der Waals surface area contributed by atoms with Crippen molar-refractivity contribution in [3.05, 3.63) is 0 Å². The average molecular weight is 252 g/mol. The summed E-state index contributed by atoms with van der Waals surface area (Å²) < 4.78 is 0. The van der Waals surface area contributed by atoms with Crippen molar-refractivity contribution in [1.29, 1.82) is 0 Å². The largest absolute Gasteiger partial charge is 0.323 e. The van der Waals surface area contributed by atoms with E-state index in [1.807, 2.05) is 0 Å². The van der Waals surface area contributed by atoms with Crippen molar-refractivity contribution in [1.82, 2.24) is 10.2 Å². The van der Waals surface area contributed by atoms with Crippen molar-refractivity contribution in [2.24, 2.45) is 11.8 Å². The first kappa shape index (κ1) is 13.9. The van der Waals surface area contributed by atoms with Crippen molar-refractivity contribution < 1.29 is 4.79 Å². The maximum absolute atomic E-state index is 12.6. The van der Waals surface area contributed by atoms with Crippen LogP contribution in [0.1, 0.15) is 59.8 Å². The molecule has 1 aliphatic carbocycles. The normalized spacial score (nSPS) is 38.4. The van der Waals surface area contributed by atoms with Crippen molar-refractivity contribution in [2.75, 3.05) is 0 Å². The smallest absolute Gasteiger partial charge is 0.241 e. The van der Waals surface area contributed by atoms with Crippen molar-refractivity contribution in [2.45, 2.75) is 78.0 Å². The van der Waals surface area contributed by atoms with Crippen molar-refractivity contribution in [3.63, 3.8) is 0 Å². The molecule has 1 saturated heterocycles. The van der Waals surface area contributed by atoms with Crippen LogP contribution < -0.4 is 5.32 Å². The highest BCUT2D eigenvalue weighted by Gasteiger charge is 2.44. The number of amides is 1. The Labute approximate surface area is 111 Å². The lowest BCUT2D eigenvalue weighted by Gasteiger charge is -2.29. The van der Waals surface area contributed by atoms with E-state index in [-0.39, 0.29) is 12.2 Å². The Morgan fingerprint density at radius 1 is 1.39 bits per heavy atom. The molecule has 2 aliphatic rings. The minimum Gasteiger partial charge on any atom is -0.323 e. The fourth-order valence-electron chi connectivity index (χ4n) is 3.50. The van der Waals surface area contributed by atoms with Crippen molar-refractivity contribution >= 4 is 5.91 Å². The summed E-state index contributed by atoms with van der Waals surface area (Å²) in [4.78, 5) is 14.8. The van der Waals surface area contributed by atoms with Gasteiger partial charge in [0, 0.05) is 6.04 Å². The molecule has 18 heavy (non-hydrogen) atoms. The van der Waals surface area contributed by atoms with Crippen LogP contribution in [0.15, 0.2) is 0 Å². The molecule has 0 aromatic carbocycles. The van der Waals surface area contributed by atoms with Crippen LogP contribution in [0.25, 0.3) is 0 Å². The van der Waals surface area contributed by atoms with E-state index in [2.05, 4.69) is 37.9 Å². The lowest BCUT2D eigenvalue weighted by molar-refractivity contribution is -0.133. The maximum atomic E-state index is 12.6. The molecule has 2 rings (SSSR count). The highest BCUT2D eigenvalue weighted by atomic mass is 16.2. The van der Waals surface area contributed by atoms with Gasteiger partial charge in [-0.2, -0.15) is 0 Å². The topological polar surface area (TPSA) is 32.3 Å². The molecule has 0 bridgehead atoms. The van der Waals surface area contributed by atoms with Crippen LogP contribution in [0.2, 0.25) is 0 Å². The molecule has 3 heteroatoms. The fraction of sp³-hybridized carbons (Fsp3) is 0.933. The molecule has 0 spiro atoms. The summed E-state index contributed by atoms with van der Waals surface area (Å²) in [5, 5.41) is 3.56. The molecule has 1 amide bonds. The van der Waals surface area contributed by atoms with Gasteiger partial charge in [0.1, 0.15) is 0 Å². The summed E-state index contributed by atoms with van der Waals surface area (Å²) in [5.74, 6) is 1.58. The highest BCUT2D eigenvalue weighted by molar-refractivity contribution is 5.85. The van der Waals surface area contributed by atoms with Gasteiger partial charge in [-0.3, -0.25) is 10.1 Å². The quantitative estimate of drug-likeness (QED) is 0.834. The van der Waals surface area contributed by atoms with Crippen LogP contribution in [0.4, 0.5) is 0 Å². The second-order valence-corrected chi connectivity index (χ2v) is 6.27. The number of carbonyl (C=O) groups is 1. The molecule has 0 aromatic heterocycles. The molecule has 104 valence electrons. The molecular weight excluding hydrogens is 224 g/mol. The van der Waals surface area contributed by atoms with E-state index in [1.165, 1.54) is 19.3 Å². The Kier molecular flexibility index (Phi) is 4.31. The van der Waals surface area contributed by atoms with Gasteiger partial charge >= 0.3 is 0 Å². The molecule has 1 saturated carbocycles. The average Bonchev–Trinajstić information content (AvgIpc) is 2.91. The van der Waals surface area contributed by atoms with E-state index < -0.39 is 0 Å². The second kappa shape index (κ2) is 5.60. The molecule has 1 aliphatic heterocycles. The third-order valence-corrected chi connectivity index (χ3v) is 4.89. The molecule has 2 fully saturated rings. The number of carbonyl (C=O) groups excluding carboxylic acids is 1.